The number of rotatable bonds is 7. The lowest BCUT2D eigenvalue weighted by Crippen LogP contribution is -2.48. The monoisotopic (exact) mass is 450 g/mol. The summed E-state index contributed by atoms with van der Waals surface area (Å²) < 4.78 is 29.1. The molecule has 0 radical (unpaired) electrons. The van der Waals surface area contributed by atoms with Crippen LogP contribution in [-0.4, -0.2) is 44.2 Å². The molecule has 1 fully saturated rings. The summed E-state index contributed by atoms with van der Waals surface area (Å²) in [6.07, 6.45) is 1.99. The largest absolute Gasteiger partial charge is 0.384 e. The molecular weight excluding hydrogens is 424 g/mol. The van der Waals surface area contributed by atoms with E-state index in [1.165, 1.54) is 0 Å². The number of amides is 1. The van der Waals surface area contributed by atoms with E-state index in [0.29, 0.717) is 18.7 Å². The van der Waals surface area contributed by atoms with Crippen molar-refractivity contribution in [2.45, 2.75) is 30.2 Å². The van der Waals surface area contributed by atoms with Gasteiger partial charge in [0.15, 0.2) is 0 Å². The third kappa shape index (κ3) is 4.81. The normalized spacial score (nSPS) is 15.1. The lowest BCUT2D eigenvalue weighted by molar-refractivity contribution is -0.131. The molecule has 166 valence electrons. The summed E-state index contributed by atoms with van der Waals surface area (Å²) in [5.41, 5.74) is 6.86. The molecule has 1 aliphatic rings. The number of nitrogen functional groups attached to an aromatic ring is 1. The van der Waals surface area contributed by atoms with E-state index in [-0.39, 0.29) is 23.1 Å². The second kappa shape index (κ2) is 9.10. The molecule has 0 aromatic heterocycles. The number of sulfonamides is 1. The van der Waals surface area contributed by atoms with Gasteiger partial charge in [0.05, 0.1) is 4.90 Å². The molecule has 0 saturated carbocycles. The van der Waals surface area contributed by atoms with Crippen LogP contribution in [0.5, 0.6) is 0 Å². The zero-order valence-corrected chi connectivity index (χ0v) is 18.4. The predicted molar refractivity (Wildman–Crippen MR) is 125 cm³/mol. The lowest BCUT2D eigenvalue weighted by Gasteiger charge is -2.24. The van der Waals surface area contributed by atoms with Crippen LogP contribution in [0.25, 0.3) is 10.8 Å². The summed E-state index contributed by atoms with van der Waals surface area (Å²) in [4.78, 5) is 15.1. The summed E-state index contributed by atoms with van der Waals surface area (Å²) in [6.45, 7) is 1.25. The van der Waals surface area contributed by atoms with Crippen LogP contribution >= 0.6 is 0 Å². The van der Waals surface area contributed by atoms with Crippen molar-refractivity contribution in [3.8, 4) is 0 Å². The Kier molecular flexibility index (Phi) is 6.25. The first-order valence-corrected chi connectivity index (χ1v) is 12.0. The maximum atomic E-state index is 13.2. The van der Waals surface area contributed by atoms with Crippen LogP contribution < -0.4 is 10.5 Å². The van der Waals surface area contributed by atoms with Gasteiger partial charge in [-0.1, -0.05) is 48.5 Å². The molecule has 1 saturated heterocycles. The van der Waals surface area contributed by atoms with E-state index in [1.807, 2.05) is 24.3 Å². The first kappa shape index (κ1) is 22.0. The average molecular weight is 451 g/mol. The van der Waals surface area contributed by atoms with Crippen molar-refractivity contribution in [1.29, 1.82) is 5.41 Å². The van der Waals surface area contributed by atoms with Crippen LogP contribution in [0.3, 0.4) is 0 Å². The van der Waals surface area contributed by atoms with E-state index in [2.05, 4.69) is 4.72 Å². The van der Waals surface area contributed by atoms with Crippen LogP contribution in [0.15, 0.2) is 71.6 Å². The Balaban J connectivity index is 1.64. The van der Waals surface area contributed by atoms with Gasteiger partial charge in [0.1, 0.15) is 11.9 Å². The highest BCUT2D eigenvalue weighted by Gasteiger charge is 2.31. The van der Waals surface area contributed by atoms with Gasteiger partial charge in [-0.2, -0.15) is 4.72 Å². The maximum Gasteiger partial charge on any atom is 0.241 e. The number of likely N-dealkylation sites (tertiary alicyclic amines) is 1. The van der Waals surface area contributed by atoms with Crippen molar-refractivity contribution < 1.29 is 13.2 Å². The first-order chi connectivity index (χ1) is 15.3. The van der Waals surface area contributed by atoms with Crippen LogP contribution in [0.2, 0.25) is 0 Å². The molecule has 0 bridgehead atoms. The minimum Gasteiger partial charge on any atom is -0.384 e. The Morgan fingerprint density at radius 2 is 1.72 bits per heavy atom. The molecular formula is C24H26N4O3S. The summed E-state index contributed by atoms with van der Waals surface area (Å²) in [7, 11) is -3.94. The number of nitrogens with zero attached hydrogens (tertiary/aromatic N) is 1. The van der Waals surface area contributed by atoms with Gasteiger partial charge in [-0.05, 0) is 53.8 Å². The number of benzene rings is 3. The highest BCUT2D eigenvalue weighted by molar-refractivity contribution is 7.89. The standard InChI is InChI=1S/C24H26N4O3S/c25-23(26)20-9-5-6-17(14-20)15-22(24(29)28-12-3-4-13-28)27-32(30,31)21-11-10-18-7-1-2-8-19(18)16-21/h1-2,5-11,14,16,22,27H,3-4,12-13,15H2,(H3,25,26)/t22-/m0/s1. The molecule has 1 aliphatic heterocycles. The summed E-state index contributed by atoms with van der Waals surface area (Å²) in [5, 5.41) is 9.40. The van der Waals surface area contributed by atoms with E-state index in [4.69, 9.17) is 11.1 Å². The first-order valence-electron chi connectivity index (χ1n) is 10.6. The fraction of sp³-hybridized carbons (Fsp3) is 0.250. The topological polar surface area (TPSA) is 116 Å². The number of fused-ring (bicyclic) bond motifs is 1. The molecule has 8 heteroatoms. The van der Waals surface area contributed by atoms with Gasteiger partial charge in [-0.3, -0.25) is 10.2 Å². The van der Waals surface area contributed by atoms with Gasteiger partial charge in [0, 0.05) is 18.7 Å². The molecule has 7 nitrogen and oxygen atoms in total. The summed E-state index contributed by atoms with van der Waals surface area (Å²) in [5.74, 6) is -0.314. The Morgan fingerprint density at radius 1 is 1.00 bits per heavy atom. The van der Waals surface area contributed by atoms with Gasteiger partial charge in [-0.25, -0.2) is 8.42 Å². The molecule has 3 aromatic carbocycles. The second-order valence-electron chi connectivity index (χ2n) is 8.03. The van der Waals surface area contributed by atoms with Crippen molar-refractivity contribution in [2.24, 2.45) is 5.73 Å². The zero-order chi connectivity index (χ0) is 22.7. The quantitative estimate of drug-likeness (QED) is 0.379. The average Bonchev–Trinajstić information content (AvgIpc) is 3.33. The van der Waals surface area contributed by atoms with Gasteiger partial charge >= 0.3 is 0 Å². The van der Waals surface area contributed by atoms with Gasteiger partial charge in [-0.15, -0.1) is 0 Å². The Morgan fingerprint density at radius 3 is 2.44 bits per heavy atom. The third-order valence-corrected chi connectivity index (χ3v) is 7.19. The Hall–Kier alpha value is -3.23. The SMILES string of the molecule is N=C(N)c1cccc(C[C@H](NS(=O)(=O)c2ccc3ccccc3c2)C(=O)N2CCCC2)c1. The predicted octanol–water partition coefficient (Wildman–Crippen LogP) is 2.64. The second-order valence-corrected chi connectivity index (χ2v) is 9.75. The van der Waals surface area contributed by atoms with Crippen molar-refractivity contribution in [1.82, 2.24) is 9.62 Å². The molecule has 0 spiro atoms. The van der Waals surface area contributed by atoms with E-state index in [9.17, 15) is 13.2 Å². The van der Waals surface area contributed by atoms with Crippen molar-refractivity contribution in [2.75, 3.05) is 13.1 Å². The molecule has 0 aliphatic carbocycles. The minimum atomic E-state index is -3.94. The lowest BCUT2D eigenvalue weighted by atomic mass is 10.0. The minimum absolute atomic E-state index is 0.0778. The number of nitrogens with one attached hydrogen (secondary N) is 2. The highest BCUT2D eigenvalue weighted by Crippen LogP contribution is 2.20. The van der Waals surface area contributed by atoms with Gasteiger partial charge in [0.25, 0.3) is 0 Å². The highest BCUT2D eigenvalue weighted by atomic mass is 32.2. The van der Waals surface area contributed by atoms with E-state index in [0.717, 1.165) is 29.2 Å². The molecule has 4 N–H and O–H groups in total. The molecule has 1 heterocycles. The number of hydrogen-bond acceptors (Lipinski definition) is 4. The van der Waals surface area contributed by atoms with Crippen LogP contribution in [0.1, 0.15) is 24.0 Å². The molecule has 3 aromatic rings. The van der Waals surface area contributed by atoms with Crippen molar-refractivity contribution in [3.63, 3.8) is 0 Å². The van der Waals surface area contributed by atoms with Crippen LogP contribution in [-0.2, 0) is 21.2 Å². The van der Waals surface area contributed by atoms with Crippen LogP contribution in [0.4, 0.5) is 0 Å². The maximum absolute atomic E-state index is 13.2. The number of carbonyl (C=O) groups excluding carboxylic acids is 1. The van der Waals surface area contributed by atoms with Crippen LogP contribution in [0, 0.1) is 5.41 Å². The smallest absolute Gasteiger partial charge is 0.241 e. The van der Waals surface area contributed by atoms with E-state index in [1.54, 1.807) is 47.4 Å². The number of nitrogens with two attached hydrogens (primary N) is 1. The molecule has 32 heavy (non-hydrogen) atoms. The number of carbonyl (C=O) groups is 1. The Labute approximate surface area is 187 Å². The number of amidine groups is 1. The molecule has 1 amide bonds. The van der Waals surface area contributed by atoms with Gasteiger partial charge in [0.2, 0.25) is 15.9 Å². The molecule has 1 atom stereocenters. The Bertz CT molecular complexity index is 1270. The summed E-state index contributed by atoms with van der Waals surface area (Å²) >= 11 is 0. The fourth-order valence-corrected chi connectivity index (χ4v) is 5.25. The fourth-order valence-electron chi connectivity index (χ4n) is 4.03. The molecule has 0 unspecified atom stereocenters. The van der Waals surface area contributed by atoms with Gasteiger partial charge < -0.3 is 10.6 Å². The van der Waals surface area contributed by atoms with Crippen molar-refractivity contribution in [3.05, 3.63) is 77.9 Å². The third-order valence-electron chi connectivity index (χ3n) is 5.72. The zero-order valence-electron chi connectivity index (χ0n) is 17.6. The number of hydrogen-bond donors (Lipinski definition) is 3. The summed E-state index contributed by atoms with van der Waals surface area (Å²) in [6, 6.07) is 18.5. The van der Waals surface area contributed by atoms with E-state index < -0.39 is 16.1 Å². The van der Waals surface area contributed by atoms with E-state index >= 15 is 0 Å². The molecule has 4 rings (SSSR count). The van der Waals surface area contributed by atoms with Crippen molar-refractivity contribution >= 4 is 32.5 Å².